The third-order valence-electron chi connectivity index (χ3n) is 3.30. The first kappa shape index (κ1) is 13.8. The maximum Gasteiger partial charge on any atom is 0.257 e. The van der Waals surface area contributed by atoms with Crippen molar-refractivity contribution in [2.45, 2.75) is 27.7 Å². The molecule has 0 unspecified atom stereocenters. The van der Waals surface area contributed by atoms with Crippen LogP contribution in [0.4, 0.5) is 5.69 Å². The Morgan fingerprint density at radius 2 is 1.80 bits per heavy atom. The molecule has 1 aromatic carbocycles. The Morgan fingerprint density at radius 1 is 1.10 bits per heavy atom. The molecule has 5 heteroatoms. The van der Waals surface area contributed by atoms with E-state index in [4.69, 9.17) is 10.5 Å². The molecular weight excluding hydrogens is 252 g/mol. The summed E-state index contributed by atoms with van der Waals surface area (Å²) in [6.45, 7) is 7.44. The van der Waals surface area contributed by atoms with Crippen molar-refractivity contribution >= 4 is 5.69 Å². The number of nitrogens with two attached hydrogens (primary N) is 1. The molecule has 0 amide bonds. The quantitative estimate of drug-likeness (QED) is 0.846. The van der Waals surface area contributed by atoms with Crippen molar-refractivity contribution in [2.24, 2.45) is 0 Å². The van der Waals surface area contributed by atoms with E-state index in [0.717, 1.165) is 22.4 Å². The fraction of sp³-hybridized carbons (Fsp3) is 0.267. The maximum atomic E-state index is 9.25. The van der Waals surface area contributed by atoms with E-state index in [0.29, 0.717) is 17.0 Å². The second-order valence-corrected chi connectivity index (χ2v) is 4.78. The van der Waals surface area contributed by atoms with Gasteiger partial charge in [0.2, 0.25) is 0 Å². The zero-order chi connectivity index (χ0) is 14.9. The smallest absolute Gasteiger partial charge is 0.257 e. The molecule has 2 N–H and O–H groups in total. The van der Waals surface area contributed by atoms with E-state index in [9.17, 15) is 5.26 Å². The molecule has 1 heterocycles. The van der Waals surface area contributed by atoms with Crippen LogP contribution in [-0.2, 0) is 0 Å². The molecular formula is C15H16N4O. The third-order valence-corrected chi connectivity index (χ3v) is 3.30. The number of nitrogens with zero attached hydrogens (tertiary/aromatic N) is 3. The summed E-state index contributed by atoms with van der Waals surface area (Å²) in [5.74, 6) is 0.855. The van der Waals surface area contributed by atoms with Gasteiger partial charge < -0.3 is 10.5 Å². The van der Waals surface area contributed by atoms with Crippen molar-refractivity contribution < 1.29 is 4.74 Å². The lowest BCUT2D eigenvalue weighted by atomic mass is 10.1. The second-order valence-electron chi connectivity index (χ2n) is 4.78. The number of benzene rings is 1. The predicted octanol–water partition coefficient (Wildman–Crippen LogP) is 2.96. The summed E-state index contributed by atoms with van der Waals surface area (Å²) in [6.07, 6.45) is 0. The van der Waals surface area contributed by atoms with E-state index < -0.39 is 0 Å². The molecule has 0 saturated heterocycles. The highest BCUT2D eigenvalue weighted by Crippen LogP contribution is 2.30. The zero-order valence-electron chi connectivity index (χ0n) is 12.0. The standard InChI is InChI=1S/C15H16N4O/c1-8-6-14(9(2)5-13(8)17)20-15-12(7-16)10(3)11(4)18-19-15/h5-6H,17H2,1-4H3. The van der Waals surface area contributed by atoms with Crippen LogP contribution in [0.25, 0.3) is 0 Å². The minimum atomic E-state index is 0.225. The molecule has 0 atom stereocenters. The van der Waals surface area contributed by atoms with E-state index in [1.54, 1.807) is 0 Å². The van der Waals surface area contributed by atoms with E-state index in [-0.39, 0.29) is 5.88 Å². The van der Waals surface area contributed by atoms with Crippen LogP contribution in [0.15, 0.2) is 12.1 Å². The highest BCUT2D eigenvalue weighted by Gasteiger charge is 2.14. The predicted molar refractivity (Wildman–Crippen MR) is 76.6 cm³/mol. The number of rotatable bonds is 2. The van der Waals surface area contributed by atoms with Crippen LogP contribution in [0.2, 0.25) is 0 Å². The lowest BCUT2D eigenvalue weighted by molar-refractivity contribution is 0.448. The van der Waals surface area contributed by atoms with Crippen molar-refractivity contribution in [2.75, 3.05) is 5.73 Å². The Labute approximate surface area is 118 Å². The monoisotopic (exact) mass is 268 g/mol. The second kappa shape index (κ2) is 5.17. The first-order chi connectivity index (χ1) is 9.43. The molecule has 102 valence electrons. The van der Waals surface area contributed by atoms with Gasteiger partial charge in [-0.15, -0.1) is 5.10 Å². The Balaban J connectivity index is 2.49. The Hall–Kier alpha value is -2.61. The first-order valence-corrected chi connectivity index (χ1v) is 6.22. The van der Waals surface area contributed by atoms with Crippen LogP contribution >= 0.6 is 0 Å². The van der Waals surface area contributed by atoms with Gasteiger partial charge in [-0.25, -0.2) is 0 Å². The molecule has 0 radical (unpaired) electrons. The number of nitrogen functional groups attached to an aromatic ring is 1. The van der Waals surface area contributed by atoms with Crippen LogP contribution in [0, 0.1) is 39.0 Å². The van der Waals surface area contributed by atoms with Gasteiger partial charge in [0.1, 0.15) is 17.4 Å². The maximum absolute atomic E-state index is 9.25. The van der Waals surface area contributed by atoms with Gasteiger partial charge in [0.25, 0.3) is 5.88 Å². The molecule has 0 fully saturated rings. The van der Waals surface area contributed by atoms with Gasteiger partial charge in [0, 0.05) is 5.69 Å². The summed E-state index contributed by atoms with van der Waals surface area (Å²) in [7, 11) is 0. The van der Waals surface area contributed by atoms with Crippen molar-refractivity contribution in [3.05, 3.63) is 40.1 Å². The number of aromatic nitrogens is 2. The van der Waals surface area contributed by atoms with E-state index >= 15 is 0 Å². The highest BCUT2D eigenvalue weighted by molar-refractivity contribution is 5.55. The Kier molecular flexibility index (Phi) is 3.57. The van der Waals surface area contributed by atoms with E-state index in [2.05, 4.69) is 16.3 Å². The highest BCUT2D eigenvalue weighted by atomic mass is 16.5. The number of hydrogen-bond donors (Lipinski definition) is 1. The summed E-state index contributed by atoms with van der Waals surface area (Å²) in [5, 5.41) is 17.2. The molecule has 5 nitrogen and oxygen atoms in total. The Bertz CT molecular complexity index is 717. The molecule has 0 aliphatic carbocycles. The molecule has 0 saturated carbocycles. The molecule has 1 aromatic heterocycles. The average Bonchev–Trinajstić information content (AvgIpc) is 2.40. The first-order valence-electron chi connectivity index (χ1n) is 6.22. The number of ether oxygens (including phenoxy) is 1. The van der Waals surface area contributed by atoms with E-state index in [1.165, 1.54) is 0 Å². The summed E-state index contributed by atoms with van der Waals surface area (Å²) >= 11 is 0. The van der Waals surface area contributed by atoms with Gasteiger partial charge in [0.15, 0.2) is 0 Å². The van der Waals surface area contributed by atoms with Crippen LogP contribution in [0.3, 0.4) is 0 Å². The summed E-state index contributed by atoms with van der Waals surface area (Å²) < 4.78 is 5.75. The summed E-state index contributed by atoms with van der Waals surface area (Å²) in [5.41, 5.74) is 10.3. The molecule has 20 heavy (non-hydrogen) atoms. The minimum Gasteiger partial charge on any atom is -0.436 e. The molecule has 0 spiro atoms. The number of hydrogen-bond acceptors (Lipinski definition) is 5. The van der Waals surface area contributed by atoms with Gasteiger partial charge in [-0.05, 0) is 56.5 Å². The molecule has 0 aliphatic heterocycles. The average molecular weight is 268 g/mol. The molecule has 2 rings (SSSR count). The van der Waals surface area contributed by atoms with Gasteiger partial charge in [0.05, 0.1) is 5.69 Å². The van der Waals surface area contributed by atoms with Crippen molar-refractivity contribution in [1.82, 2.24) is 10.2 Å². The number of aryl methyl sites for hydroxylation is 3. The van der Waals surface area contributed by atoms with Crippen molar-refractivity contribution in [3.8, 4) is 17.7 Å². The SMILES string of the molecule is Cc1cc(Oc2nnc(C)c(C)c2C#N)c(C)cc1N. The molecule has 2 aromatic rings. The topological polar surface area (TPSA) is 84.8 Å². The largest absolute Gasteiger partial charge is 0.436 e. The number of nitriles is 1. The minimum absolute atomic E-state index is 0.225. The fourth-order valence-electron chi connectivity index (χ4n) is 1.82. The van der Waals surface area contributed by atoms with Crippen molar-refractivity contribution in [3.63, 3.8) is 0 Å². The Morgan fingerprint density at radius 3 is 2.45 bits per heavy atom. The lowest BCUT2D eigenvalue weighted by Gasteiger charge is -2.12. The van der Waals surface area contributed by atoms with Crippen LogP contribution in [-0.4, -0.2) is 10.2 Å². The van der Waals surface area contributed by atoms with Crippen LogP contribution in [0.1, 0.15) is 27.9 Å². The van der Waals surface area contributed by atoms with E-state index in [1.807, 2.05) is 39.8 Å². The summed E-state index contributed by atoms with van der Waals surface area (Å²) in [4.78, 5) is 0. The van der Waals surface area contributed by atoms with Gasteiger partial charge in [-0.3, -0.25) is 0 Å². The van der Waals surface area contributed by atoms with Gasteiger partial charge in [-0.1, -0.05) is 0 Å². The summed E-state index contributed by atoms with van der Waals surface area (Å²) in [6, 6.07) is 5.79. The molecule has 0 bridgehead atoms. The number of anilines is 1. The van der Waals surface area contributed by atoms with Gasteiger partial charge >= 0.3 is 0 Å². The zero-order valence-corrected chi connectivity index (χ0v) is 12.0. The molecule has 0 aliphatic rings. The third kappa shape index (κ3) is 2.41. The fourth-order valence-corrected chi connectivity index (χ4v) is 1.82. The lowest BCUT2D eigenvalue weighted by Crippen LogP contribution is -2.02. The van der Waals surface area contributed by atoms with Crippen LogP contribution < -0.4 is 10.5 Å². The van der Waals surface area contributed by atoms with Crippen molar-refractivity contribution in [1.29, 1.82) is 5.26 Å². The van der Waals surface area contributed by atoms with Crippen LogP contribution in [0.5, 0.6) is 11.6 Å². The normalized spacial score (nSPS) is 10.2. The van der Waals surface area contributed by atoms with Gasteiger partial charge in [-0.2, -0.15) is 10.4 Å².